The molecule has 0 bridgehead atoms. The Hall–Kier alpha value is -3.81. The van der Waals surface area contributed by atoms with Gasteiger partial charge in [0.15, 0.2) is 5.60 Å². The van der Waals surface area contributed by atoms with Gasteiger partial charge >= 0.3 is 7.60 Å². The fraction of sp³-hybridized carbons (Fsp3) is 0.226. The zero-order chi connectivity index (χ0) is 28.8. The molecule has 5 rings (SSSR count). The van der Waals surface area contributed by atoms with Crippen molar-refractivity contribution in [3.8, 4) is 11.1 Å². The summed E-state index contributed by atoms with van der Waals surface area (Å²) in [6.45, 7) is 1.94. The number of aryl methyl sites for hydroxylation is 1. The van der Waals surface area contributed by atoms with Crippen molar-refractivity contribution in [2.24, 2.45) is 7.05 Å². The Morgan fingerprint density at radius 2 is 1.60 bits per heavy atom. The molecule has 0 spiro atoms. The largest absolute Gasteiger partial charge is 0.374 e. The van der Waals surface area contributed by atoms with Crippen LogP contribution in [0.2, 0.25) is 0 Å². The lowest BCUT2D eigenvalue weighted by Gasteiger charge is -2.29. The lowest BCUT2D eigenvalue weighted by Crippen LogP contribution is -2.29. The quantitative estimate of drug-likeness (QED) is 0.223. The Bertz CT molecular complexity index is 1650. The molecule has 0 amide bonds. The minimum absolute atomic E-state index is 0.0778. The van der Waals surface area contributed by atoms with E-state index in [1.54, 1.807) is 30.2 Å². The Balaban J connectivity index is 0.000000357. The Morgan fingerprint density at radius 1 is 0.950 bits per heavy atom. The molecule has 0 aliphatic heterocycles. The second-order valence-corrected chi connectivity index (χ2v) is 11.7. The summed E-state index contributed by atoms with van der Waals surface area (Å²) in [5.41, 5.74) is 3.07. The normalized spacial score (nSPS) is 12.9. The SMILES string of the molecule is CCCP(=O)(OC)OC.Cn1c(=O)cc(-c2ccccc2)c2cc(C(O)(c3ccccc3)c3cnc[nH]3)ccc21. The molecule has 2 heterocycles. The lowest BCUT2D eigenvalue weighted by atomic mass is 9.82. The highest BCUT2D eigenvalue weighted by Gasteiger charge is 2.35. The van der Waals surface area contributed by atoms with E-state index in [4.69, 9.17) is 0 Å². The van der Waals surface area contributed by atoms with Gasteiger partial charge in [-0.1, -0.05) is 73.7 Å². The van der Waals surface area contributed by atoms with Gasteiger partial charge in [0.25, 0.3) is 5.56 Å². The number of nitrogens with one attached hydrogen (secondary N) is 1. The number of fused-ring (bicyclic) bond motifs is 1. The average molecular weight is 560 g/mol. The minimum atomic E-state index is -2.68. The highest BCUT2D eigenvalue weighted by Crippen LogP contribution is 2.46. The van der Waals surface area contributed by atoms with Gasteiger partial charge in [-0.3, -0.25) is 9.36 Å². The molecule has 3 aromatic carbocycles. The van der Waals surface area contributed by atoms with E-state index in [1.165, 1.54) is 14.2 Å². The molecule has 9 heteroatoms. The van der Waals surface area contributed by atoms with Crippen molar-refractivity contribution in [3.63, 3.8) is 0 Å². The van der Waals surface area contributed by atoms with E-state index in [2.05, 4.69) is 19.0 Å². The van der Waals surface area contributed by atoms with E-state index in [9.17, 15) is 14.5 Å². The van der Waals surface area contributed by atoms with Crippen LogP contribution < -0.4 is 5.56 Å². The van der Waals surface area contributed by atoms with Gasteiger partial charge in [0.1, 0.15) is 0 Å². The topological polar surface area (TPSA) is 106 Å². The van der Waals surface area contributed by atoms with Gasteiger partial charge in [-0.15, -0.1) is 0 Å². The molecule has 0 saturated carbocycles. The predicted octanol–water partition coefficient (Wildman–Crippen LogP) is 6.10. The van der Waals surface area contributed by atoms with Gasteiger partial charge < -0.3 is 23.7 Å². The number of hydrogen-bond donors (Lipinski definition) is 2. The van der Waals surface area contributed by atoms with Gasteiger partial charge in [0.2, 0.25) is 0 Å². The van der Waals surface area contributed by atoms with Crippen LogP contribution in [0.4, 0.5) is 0 Å². The van der Waals surface area contributed by atoms with Crippen molar-refractivity contribution in [3.05, 3.63) is 125 Å². The number of H-pyrrole nitrogens is 1. The maximum atomic E-state index is 12.6. The molecule has 2 N–H and O–H groups in total. The Kier molecular flexibility index (Phi) is 9.17. The molecule has 208 valence electrons. The third kappa shape index (κ3) is 5.86. The molecular formula is C31H34N3O5P. The van der Waals surface area contributed by atoms with Crippen molar-refractivity contribution in [1.82, 2.24) is 14.5 Å². The zero-order valence-corrected chi connectivity index (χ0v) is 24.0. The average Bonchev–Trinajstić information content (AvgIpc) is 3.55. The third-order valence-corrected chi connectivity index (χ3v) is 8.99. The number of hydrogen-bond acceptors (Lipinski definition) is 6. The van der Waals surface area contributed by atoms with Crippen LogP contribution in [0, 0.1) is 0 Å². The number of aliphatic hydroxyl groups is 1. The summed E-state index contributed by atoms with van der Waals surface area (Å²) in [6, 6.07) is 26.7. The number of nitrogens with zero attached hydrogens (tertiary/aromatic N) is 2. The first-order valence-corrected chi connectivity index (χ1v) is 14.7. The first-order chi connectivity index (χ1) is 19.3. The van der Waals surface area contributed by atoms with Crippen LogP contribution >= 0.6 is 7.60 Å². The monoisotopic (exact) mass is 559 g/mol. The molecule has 5 aromatic rings. The van der Waals surface area contributed by atoms with Crippen LogP contribution in [0.1, 0.15) is 30.2 Å². The number of aromatic nitrogens is 3. The fourth-order valence-corrected chi connectivity index (χ4v) is 5.75. The van der Waals surface area contributed by atoms with E-state index in [1.807, 2.05) is 85.8 Å². The van der Waals surface area contributed by atoms with E-state index >= 15 is 0 Å². The van der Waals surface area contributed by atoms with Crippen LogP contribution in [0.5, 0.6) is 0 Å². The summed E-state index contributed by atoms with van der Waals surface area (Å²) >= 11 is 0. The molecule has 0 radical (unpaired) electrons. The van der Waals surface area contributed by atoms with Crippen LogP contribution in [-0.2, 0) is 26.3 Å². The number of imidazole rings is 1. The Morgan fingerprint density at radius 3 is 2.15 bits per heavy atom. The molecule has 0 aliphatic carbocycles. The van der Waals surface area contributed by atoms with Gasteiger partial charge in [-0.2, -0.15) is 0 Å². The molecule has 0 saturated heterocycles. The molecule has 1 atom stereocenters. The van der Waals surface area contributed by atoms with Crippen LogP contribution in [-0.4, -0.2) is 40.0 Å². The summed E-state index contributed by atoms with van der Waals surface area (Å²) in [7, 11) is 1.89. The highest BCUT2D eigenvalue weighted by atomic mass is 31.2. The zero-order valence-electron chi connectivity index (χ0n) is 23.1. The fourth-order valence-electron chi connectivity index (χ4n) is 4.68. The molecule has 1 unspecified atom stereocenters. The lowest BCUT2D eigenvalue weighted by molar-refractivity contribution is 0.121. The van der Waals surface area contributed by atoms with Crippen molar-refractivity contribution < 1.29 is 18.7 Å². The summed E-state index contributed by atoms with van der Waals surface area (Å²) in [5, 5.41) is 12.9. The number of benzene rings is 3. The summed E-state index contributed by atoms with van der Waals surface area (Å²) in [6.07, 6.45) is 4.51. The second-order valence-electron chi connectivity index (χ2n) is 9.29. The van der Waals surface area contributed by atoms with Crippen LogP contribution in [0.15, 0.2) is 102 Å². The Labute approximate surface area is 233 Å². The van der Waals surface area contributed by atoms with Crippen LogP contribution in [0.25, 0.3) is 22.0 Å². The number of rotatable bonds is 8. The van der Waals surface area contributed by atoms with Crippen molar-refractivity contribution in [1.29, 1.82) is 0 Å². The van der Waals surface area contributed by atoms with Gasteiger partial charge in [0.05, 0.1) is 23.7 Å². The van der Waals surface area contributed by atoms with E-state index in [-0.39, 0.29) is 5.56 Å². The van der Waals surface area contributed by atoms with E-state index in [0.717, 1.165) is 34.0 Å². The second kappa shape index (κ2) is 12.6. The molecule has 40 heavy (non-hydrogen) atoms. The van der Waals surface area contributed by atoms with E-state index in [0.29, 0.717) is 17.4 Å². The maximum Gasteiger partial charge on any atom is 0.330 e. The summed E-state index contributed by atoms with van der Waals surface area (Å²) in [5.74, 6) is 0. The van der Waals surface area contributed by atoms with Crippen molar-refractivity contribution in [2.75, 3.05) is 20.4 Å². The van der Waals surface area contributed by atoms with Gasteiger partial charge in [-0.05, 0) is 40.8 Å². The van der Waals surface area contributed by atoms with Gasteiger partial charge in [-0.25, -0.2) is 4.98 Å². The van der Waals surface area contributed by atoms with E-state index < -0.39 is 13.2 Å². The first-order valence-electron chi connectivity index (χ1n) is 12.9. The summed E-state index contributed by atoms with van der Waals surface area (Å²) < 4.78 is 22.1. The standard InChI is InChI=1S/C26H21N3O2.C5H13O3P/c1-29-23-13-12-20(14-22(23)21(15-25(29)30)18-8-4-2-5-9-18)26(31,24-16-27-17-28-24)19-10-6-3-7-11-19;1-4-5-9(6,7-2)8-3/h2-17,31H,1H3,(H,27,28);4-5H2,1-3H3. The minimum Gasteiger partial charge on any atom is -0.374 e. The maximum absolute atomic E-state index is 12.6. The molecule has 0 fully saturated rings. The van der Waals surface area contributed by atoms with Crippen molar-refractivity contribution in [2.45, 2.75) is 18.9 Å². The van der Waals surface area contributed by atoms with Crippen LogP contribution in [0.3, 0.4) is 0 Å². The first kappa shape index (κ1) is 29.2. The highest BCUT2D eigenvalue weighted by molar-refractivity contribution is 7.53. The number of aromatic amines is 1. The molecule has 8 nitrogen and oxygen atoms in total. The smallest absolute Gasteiger partial charge is 0.330 e. The molecular weight excluding hydrogens is 525 g/mol. The van der Waals surface area contributed by atoms with Crippen molar-refractivity contribution >= 4 is 18.5 Å². The molecule has 2 aromatic heterocycles. The number of pyridine rings is 1. The predicted molar refractivity (Wildman–Crippen MR) is 159 cm³/mol. The molecule has 0 aliphatic rings. The summed E-state index contributed by atoms with van der Waals surface area (Å²) in [4.78, 5) is 19.8. The van der Waals surface area contributed by atoms with Gasteiger partial charge in [0, 0.05) is 38.9 Å². The third-order valence-electron chi connectivity index (χ3n) is 6.88.